The van der Waals surface area contributed by atoms with Crippen molar-refractivity contribution in [3.05, 3.63) is 54.2 Å². The van der Waals surface area contributed by atoms with Gasteiger partial charge >= 0.3 is 0 Å². The van der Waals surface area contributed by atoms with Crippen LogP contribution in [0.1, 0.15) is 12.5 Å². The number of methoxy groups -OCH3 is 1. The highest BCUT2D eigenvalue weighted by Gasteiger charge is 2.04. The Bertz CT molecular complexity index is 538. The van der Waals surface area contributed by atoms with Crippen molar-refractivity contribution in [3.8, 4) is 5.75 Å². The largest absolute Gasteiger partial charge is 0.496 e. The van der Waals surface area contributed by atoms with E-state index in [1.54, 1.807) is 13.3 Å². The number of nitrogens with one attached hydrogen (secondary N) is 1. The molecule has 92 valence electrons. The minimum atomic E-state index is 0.715. The van der Waals surface area contributed by atoms with Gasteiger partial charge in [0.2, 0.25) is 0 Å². The molecule has 0 saturated heterocycles. The van der Waals surface area contributed by atoms with Gasteiger partial charge in [-0.15, -0.1) is 0 Å². The second-order valence-corrected chi connectivity index (χ2v) is 3.72. The lowest BCUT2D eigenvalue weighted by atomic mass is 10.1. The van der Waals surface area contributed by atoms with E-state index in [4.69, 9.17) is 4.74 Å². The van der Waals surface area contributed by atoms with Crippen molar-refractivity contribution >= 4 is 11.5 Å². The Hall–Kier alpha value is -2.36. The lowest BCUT2D eigenvalue weighted by Gasteiger charge is -2.07. The van der Waals surface area contributed by atoms with Gasteiger partial charge in [-0.05, 0) is 31.2 Å². The van der Waals surface area contributed by atoms with E-state index in [-0.39, 0.29) is 0 Å². The van der Waals surface area contributed by atoms with Crippen LogP contribution >= 0.6 is 0 Å². The summed E-state index contributed by atoms with van der Waals surface area (Å²) >= 11 is 0. The molecule has 1 aromatic carbocycles. The molecule has 18 heavy (non-hydrogen) atoms. The summed E-state index contributed by atoms with van der Waals surface area (Å²) in [5.74, 6) is 1.52. The van der Waals surface area contributed by atoms with Crippen molar-refractivity contribution in [1.29, 1.82) is 0 Å². The third-order valence-electron chi connectivity index (χ3n) is 2.50. The fourth-order valence-corrected chi connectivity index (χ4v) is 1.57. The molecule has 0 radical (unpaired) electrons. The maximum atomic E-state index is 5.29. The number of rotatable bonds is 4. The standard InChI is InChI=1S/C14H15N3O/c1-11(12-7-3-4-8-13(12)18-2)16-17-14-9-5-6-10-15-14/h3-10H,1-2H3,(H,15,17)/b16-11+. The van der Waals surface area contributed by atoms with Crippen molar-refractivity contribution < 1.29 is 4.74 Å². The first-order chi connectivity index (χ1) is 8.81. The van der Waals surface area contributed by atoms with Crippen molar-refractivity contribution in [2.24, 2.45) is 5.10 Å². The second-order valence-electron chi connectivity index (χ2n) is 3.72. The fourth-order valence-electron chi connectivity index (χ4n) is 1.57. The summed E-state index contributed by atoms with van der Waals surface area (Å²) in [6, 6.07) is 13.4. The first kappa shape index (κ1) is 12.1. The molecule has 4 heteroatoms. The molecule has 0 atom stereocenters. The van der Waals surface area contributed by atoms with Crippen LogP contribution in [-0.2, 0) is 0 Å². The van der Waals surface area contributed by atoms with Gasteiger partial charge in [-0.25, -0.2) is 4.98 Å². The van der Waals surface area contributed by atoms with Gasteiger partial charge in [-0.3, -0.25) is 5.43 Å². The number of hydrogen-bond donors (Lipinski definition) is 1. The van der Waals surface area contributed by atoms with E-state index in [2.05, 4.69) is 15.5 Å². The predicted octanol–water partition coefficient (Wildman–Crippen LogP) is 2.93. The predicted molar refractivity (Wildman–Crippen MR) is 73.1 cm³/mol. The molecule has 0 unspecified atom stereocenters. The minimum absolute atomic E-state index is 0.715. The molecule has 0 bridgehead atoms. The monoisotopic (exact) mass is 241 g/mol. The van der Waals surface area contributed by atoms with Gasteiger partial charge < -0.3 is 4.74 Å². The molecular formula is C14H15N3O. The van der Waals surface area contributed by atoms with Crippen LogP contribution in [0.5, 0.6) is 5.75 Å². The quantitative estimate of drug-likeness (QED) is 0.661. The molecule has 1 N–H and O–H groups in total. The number of anilines is 1. The van der Waals surface area contributed by atoms with Crippen molar-refractivity contribution in [2.75, 3.05) is 12.5 Å². The van der Waals surface area contributed by atoms with E-state index < -0.39 is 0 Å². The number of aromatic nitrogens is 1. The minimum Gasteiger partial charge on any atom is -0.496 e. The summed E-state index contributed by atoms with van der Waals surface area (Å²) in [6.07, 6.45) is 1.72. The average molecular weight is 241 g/mol. The van der Waals surface area contributed by atoms with Gasteiger partial charge in [0.25, 0.3) is 0 Å². The highest BCUT2D eigenvalue weighted by Crippen LogP contribution is 2.18. The lowest BCUT2D eigenvalue weighted by molar-refractivity contribution is 0.414. The van der Waals surface area contributed by atoms with Crippen LogP contribution in [0.4, 0.5) is 5.82 Å². The summed E-state index contributed by atoms with van der Waals surface area (Å²) in [7, 11) is 1.65. The van der Waals surface area contributed by atoms with Crippen LogP contribution in [0.2, 0.25) is 0 Å². The SMILES string of the molecule is COc1ccccc1/C(C)=N/Nc1ccccn1. The Balaban J connectivity index is 2.18. The molecule has 0 spiro atoms. The van der Waals surface area contributed by atoms with Gasteiger partial charge in [0.15, 0.2) is 0 Å². The lowest BCUT2D eigenvalue weighted by Crippen LogP contribution is -2.02. The van der Waals surface area contributed by atoms with E-state index >= 15 is 0 Å². The van der Waals surface area contributed by atoms with E-state index in [0.717, 1.165) is 17.0 Å². The molecule has 1 heterocycles. The second kappa shape index (κ2) is 5.82. The molecule has 0 aliphatic rings. The van der Waals surface area contributed by atoms with Crippen molar-refractivity contribution in [2.45, 2.75) is 6.92 Å². The van der Waals surface area contributed by atoms with Crippen LogP contribution in [0, 0.1) is 0 Å². The van der Waals surface area contributed by atoms with Gasteiger partial charge in [0.1, 0.15) is 11.6 Å². The third kappa shape index (κ3) is 2.85. The fraction of sp³-hybridized carbons (Fsp3) is 0.143. The number of hydrogen-bond acceptors (Lipinski definition) is 4. The van der Waals surface area contributed by atoms with E-state index in [9.17, 15) is 0 Å². The van der Waals surface area contributed by atoms with Crippen LogP contribution < -0.4 is 10.2 Å². The highest BCUT2D eigenvalue weighted by atomic mass is 16.5. The molecule has 0 amide bonds. The van der Waals surface area contributed by atoms with Crippen LogP contribution in [0.25, 0.3) is 0 Å². The van der Waals surface area contributed by atoms with E-state index in [0.29, 0.717) is 5.82 Å². The summed E-state index contributed by atoms with van der Waals surface area (Å²) in [6.45, 7) is 1.92. The topological polar surface area (TPSA) is 46.5 Å². The zero-order valence-corrected chi connectivity index (χ0v) is 10.4. The molecule has 4 nitrogen and oxygen atoms in total. The summed E-state index contributed by atoms with van der Waals surface area (Å²) in [5.41, 5.74) is 4.72. The first-order valence-corrected chi connectivity index (χ1v) is 5.66. The Labute approximate surface area is 106 Å². The first-order valence-electron chi connectivity index (χ1n) is 5.66. The van der Waals surface area contributed by atoms with Crippen LogP contribution in [-0.4, -0.2) is 17.8 Å². The zero-order chi connectivity index (χ0) is 12.8. The van der Waals surface area contributed by atoms with Gasteiger partial charge in [0, 0.05) is 11.8 Å². The Morgan fingerprint density at radius 3 is 2.67 bits per heavy atom. The number of hydrazone groups is 1. The molecule has 0 saturated carbocycles. The third-order valence-corrected chi connectivity index (χ3v) is 2.50. The molecule has 0 fully saturated rings. The molecule has 1 aromatic heterocycles. The van der Waals surface area contributed by atoms with E-state index in [1.165, 1.54) is 0 Å². The Morgan fingerprint density at radius 1 is 1.17 bits per heavy atom. The van der Waals surface area contributed by atoms with Crippen molar-refractivity contribution in [3.63, 3.8) is 0 Å². The molecule has 2 rings (SSSR count). The van der Waals surface area contributed by atoms with Crippen LogP contribution in [0.3, 0.4) is 0 Å². The van der Waals surface area contributed by atoms with Crippen LogP contribution in [0.15, 0.2) is 53.8 Å². The molecule has 0 aliphatic carbocycles. The maximum Gasteiger partial charge on any atom is 0.146 e. The smallest absolute Gasteiger partial charge is 0.146 e. The molecule has 0 aliphatic heterocycles. The molecule has 2 aromatic rings. The maximum absolute atomic E-state index is 5.29. The number of benzene rings is 1. The number of nitrogens with zero attached hydrogens (tertiary/aromatic N) is 2. The number of ether oxygens (including phenoxy) is 1. The summed E-state index contributed by atoms with van der Waals surface area (Å²) < 4.78 is 5.29. The van der Waals surface area contributed by atoms with Gasteiger partial charge in [-0.2, -0.15) is 5.10 Å². The van der Waals surface area contributed by atoms with Gasteiger partial charge in [0.05, 0.1) is 12.8 Å². The normalized spacial score (nSPS) is 11.1. The summed E-state index contributed by atoms with van der Waals surface area (Å²) in [4.78, 5) is 4.14. The molecular weight excluding hydrogens is 226 g/mol. The number of para-hydroxylation sites is 1. The highest BCUT2D eigenvalue weighted by molar-refractivity contribution is 6.01. The Kier molecular flexibility index (Phi) is 3.91. The van der Waals surface area contributed by atoms with Crippen molar-refractivity contribution in [1.82, 2.24) is 4.98 Å². The van der Waals surface area contributed by atoms with Gasteiger partial charge in [-0.1, -0.05) is 18.2 Å². The number of pyridine rings is 1. The van der Waals surface area contributed by atoms with E-state index in [1.807, 2.05) is 49.4 Å². The average Bonchev–Trinajstić information content (AvgIpc) is 2.45. The Morgan fingerprint density at radius 2 is 1.94 bits per heavy atom. The zero-order valence-electron chi connectivity index (χ0n) is 10.4. The summed E-state index contributed by atoms with van der Waals surface area (Å²) in [5, 5.41) is 4.30.